The Balaban J connectivity index is 1.22. The van der Waals surface area contributed by atoms with Crippen LogP contribution in [0.1, 0.15) is 44.9 Å². The Morgan fingerprint density at radius 1 is 1.00 bits per heavy atom. The molecule has 4 bridgehead atoms. The van der Waals surface area contributed by atoms with Crippen LogP contribution < -0.4 is 5.32 Å². The first-order chi connectivity index (χ1) is 11.1. The monoisotopic (exact) mass is 319 g/mol. The van der Waals surface area contributed by atoms with E-state index < -0.39 is 0 Å². The molecule has 130 valence electrons. The maximum absolute atomic E-state index is 12.9. The predicted molar refractivity (Wildman–Crippen MR) is 92.2 cm³/mol. The molecule has 0 spiro atoms. The van der Waals surface area contributed by atoms with Crippen molar-refractivity contribution >= 4 is 5.91 Å². The first kappa shape index (κ1) is 15.9. The number of amides is 1. The van der Waals surface area contributed by atoms with Gasteiger partial charge in [-0.25, -0.2) is 0 Å². The van der Waals surface area contributed by atoms with Gasteiger partial charge in [0.1, 0.15) is 0 Å². The zero-order valence-corrected chi connectivity index (χ0v) is 14.7. The van der Waals surface area contributed by atoms with Gasteiger partial charge in [-0.1, -0.05) is 0 Å². The second-order valence-corrected chi connectivity index (χ2v) is 8.95. The van der Waals surface area contributed by atoms with Crippen molar-refractivity contribution in [3.05, 3.63) is 0 Å². The molecule has 4 aliphatic carbocycles. The average molecular weight is 319 g/mol. The minimum atomic E-state index is 0.0303. The van der Waals surface area contributed by atoms with Crippen LogP contribution in [0.15, 0.2) is 0 Å². The van der Waals surface area contributed by atoms with Gasteiger partial charge < -0.3 is 15.1 Å². The molecule has 1 amide bonds. The second-order valence-electron chi connectivity index (χ2n) is 8.95. The van der Waals surface area contributed by atoms with E-state index >= 15 is 0 Å². The van der Waals surface area contributed by atoms with Crippen LogP contribution in [0.4, 0.5) is 0 Å². The Hall–Kier alpha value is -0.610. The predicted octanol–water partition coefficient (Wildman–Crippen LogP) is 1.96. The van der Waals surface area contributed by atoms with Crippen molar-refractivity contribution in [3.63, 3.8) is 0 Å². The van der Waals surface area contributed by atoms with E-state index in [2.05, 4.69) is 22.2 Å². The van der Waals surface area contributed by atoms with Crippen LogP contribution in [-0.2, 0) is 4.79 Å². The molecule has 1 saturated heterocycles. The average Bonchev–Trinajstić information content (AvgIpc) is 2.52. The van der Waals surface area contributed by atoms with E-state index in [1.807, 2.05) is 0 Å². The van der Waals surface area contributed by atoms with Gasteiger partial charge in [-0.2, -0.15) is 0 Å². The van der Waals surface area contributed by atoms with E-state index in [-0.39, 0.29) is 5.41 Å². The third-order valence-electron chi connectivity index (χ3n) is 7.05. The summed E-state index contributed by atoms with van der Waals surface area (Å²) in [5, 5.41) is 3.31. The molecule has 5 fully saturated rings. The molecule has 0 unspecified atom stereocenters. The lowest BCUT2D eigenvalue weighted by molar-refractivity contribution is -0.146. The molecule has 5 rings (SSSR count). The Kier molecular flexibility index (Phi) is 4.39. The van der Waals surface area contributed by atoms with Gasteiger partial charge in [0.05, 0.1) is 0 Å². The maximum Gasteiger partial charge on any atom is 0.226 e. The molecule has 1 N–H and O–H groups in total. The quantitative estimate of drug-likeness (QED) is 0.787. The topological polar surface area (TPSA) is 35.6 Å². The van der Waals surface area contributed by atoms with Crippen LogP contribution in [0.2, 0.25) is 0 Å². The van der Waals surface area contributed by atoms with Crippen molar-refractivity contribution in [1.29, 1.82) is 0 Å². The lowest BCUT2D eigenvalue weighted by Gasteiger charge is -2.55. The molecule has 4 nitrogen and oxygen atoms in total. The fourth-order valence-corrected chi connectivity index (χ4v) is 6.15. The lowest BCUT2D eigenvalue weighted by atomic mass is 9.49. The Morgan fingerprint density at radius 3 is 2.13 bits per heavy atom. The molecule has 0 atom stereocenters. The minimum absolute atomic E-state index is 0.0303. The number of carbonyl (C=O) groups is 1. The SMILES string of the molecule is CN1CCN(CCCNC(=O)C23CC4CC(CC(C4)C2)C3)CC1. The largest absolute Gasteiger partial charge is 0.356 e. The molecule has 1 aliphatic heterocycles. The maximum atomic E-state index is 12.9. The van der Waals surface area contributed by atoms with Crippen molar-refractivity contribution in [2.45, 2.75) is 44.9 Å². The number of rotatable bonds is 5. The molecule has 0 aromatic heterocycles. The van der Waals surface area contributed by atoms with E-state index in [1.54, 1.807) is 0 Å². The highest BCUT2D eigenvalue weighted by Crippen LogP contribution is 2.60. The standard InChI is InChI=1S/C19H33N3O/c1-21-5-7-22(8-6-21)4-2-3-20-18(23)19-12-15-9-16(13-19)11-17(10-15)14-19/h15-17H,2-14H2,1H3,(H,20,23). The van der Waals surface area contributed by atoms with Gasteiger partial charge in [-0.15, -0.1) is 0 Å². The number of carbonyl (C=O) groups excluding carboxylic acids is 1. The van der Waals surface area contributed by atoms with Crippen molar-refractivity contribution in [3.8, 4) is 0 Å². The fourth-order valence-electron chi connectivity index (χ4n) is 6.15. The van der Waals surface area contributed by atoms with Crippen LogP contribution in [0.25, 0.3) is 0 Å². The van der Waals surface area contributed by atoms with Crippen molar-refractivity contribution in [1.82, 2.24) is 15.1 Å². The van der Waals surface area contributed by atoms with E-state index in [0.717, 1.165) is 37.3 Å². The van der Waals surface area contributed by atoms with Crippen LogP contribution in [0.5, 0.6) is 0 Å². The van der Waals surface area contributed by atoms with Gasteiger partial charge in [-0.05, 0) is 76.3 Å². The van der Waals surface area contributed by atoms with Crippen molar-refractivity contribution < 1.29 is 4.79 Å². The third-order valence-corrected chi connectivity index (χ3v) is 7.05. The summed E-state index contributed by atoms with van der Waals surface area (Å²) < 4.78 is 0. The molecule has 4 heteroatoms. The first-order valence-electron chi connectivity index (χ1n) is 9.82. The molecule has 5 aliphatic rings. The molecule has 1 heterocycles. The number of nitrogens with one attached hydrogen (secondary N) is 1. The van der Waals surface area contributed by atoms with Crippen LogP contribution >= 0.6 is 0 Å². The summed E-state index contributed by atoms with van der Waals surface area (Å²) >= 11 is 0. The van der Waals surface area contributed by atoms with Gasteiger partial charge in [0, 0.05) is 38.1 Å². The second kappa shape index (κ2) is 6.36. The van der Waals surface area contributed by atoms with Gasteiger partial charge in [0.15, 0.2) is 0 Å². The van der Waals surface area contributed by atoms with Gasteiger partial charge in [0.2, 0.25) is 5.91 Å². The van der Waals surface area contributed by atoms with Gasteiger partial charge in [0.25, 0.3) is 0 Å². The zero-order valence-electron chi connectivity index (χ0n) is 14.7. The van der Waals surface area contributed by atoms with Crippen LogP contribution in [-0.4, -0.2) is 62.0 Å². The smallest absolute Gasteiger partial charge is 0.226 e. The Bertz CT molecular complexity index is 407. The van der Waals surface area contributed by atoms with E-state index in [1.165, 1.54) is 64.7 Å². The number of hydrogen-bond donors (Lipinski definition) is 1. The van der Waals surface area contributed by atoms with Crippen LogP contribution in [0.3, 0.4) is 0 Å². The Labute approximate surface area is 141 Å². The van der Waals surface area contributed by atoms with Crippen LogP contribution in [0, 0.1) is 23.2 Å². The van der Waals surface area contributed by atoms with Crippen molar-refractivity contribution in [2.75, 3.05) is 46.3 Å². The molecule has 23 heavy (non-hydrogen) atoms. The van der Waals surface area contributed by atoms with E-state index in [9.17, 15) is 4.79 Å². The molecule has 0 radical (unpaired) electrons. The van der Waals surface area contributed by atoms with Gasteiger partial charge >= 0.3 is 0 Å². The third kappa shape index (κ3) is 3.30. The lowest BCUT2D eigenvalue weighted by Crippen LogP contribution is -2.53. The molecule has 0 aromatic rings. The summed E-state index contributed by atoms with van der Waals surface area (Å²) in [5.74, 6) is 2.97. The minimum Gasteiger partial charge on any atom is -0.356 e. The summed E-state index contributed by atoms with van der Waals surface area (Å²) in [6.07, 6.45) is 8.89. The summed E-state index contributed by atoms with van der Waals surface area (Å²) in [6, 6.07) is 0. The summed E-state index contributed by atoms with van der Waals surface area (Å²) in [4.78, 5) is 17.8. The summed E-state index contributed by atoms with van der Waals surface area (Å²) in [5.41, 5.74) is 0.0303. The summed E-state index contributed by atoms with van der Waals surface area (Å²) in [6.45, 7) is 6.72. The number of nitrogens with zero attached hydrogens (tertiary/aromatic N) is 2. The highest BCUT2D eigenvalue weighted by atomic mass is 16.2. The molecular formula is C19H33N3O. The highest BCUT2D eigenvalue weighted by Gasteiger charge is 2.54. The Morgan fingerprint density at radius 2 is 1.57 bits per heavy atom. The fraction of sp³-hybridized carbons (Fsp3) is 0.947. The first-order valence-corrected chi connectivity index (χ1v) is 9.82. The van der Waals surface area contributed by atoms with Gasteiger partial charge in [-0.3, -0.25) is 4.79 Å². The number of likely N-dealkylation sites (N-methyl/N-ethyl adjacent to an activating group) is 1. The summed E-state index contributed by atoms with van der Waals surface area (Å²) in [7, 11) is 2.20. The molecule has 0 aromatic carbocycles. The number of hydrogen-bond acceptors (Lipinski definition) is 3. The number of piperazine rings is 1. The normalized spacial score (nSPS) is 40.5. The molecular weight excluding hydrogens is 286 g/mol. The highest BCUT2D eigenvalue weighted by molar-refractivity contribution is 5.83. The van der Waals surface area contributed by atoms with Crippen molar-refractivity contribution in [2.24, 2.45) is 23.2 Å². The zero-order chi connectivity index (χ0) is 15.9. The molecule has 4 saturated carbocycles. The van der Waals surface area contributed by atoms with E-state index in [4.69, 9.17) is 0 Å². The van der Waals surface area contributed by atoms with E-state index in [0.29, 0.717) is 5.91 Å².